The third-order valence-electron chi connectivity index (χ3n) is 5.24. The van der Waals surface area contributed by atoms with Gasteiger partial charge in [-0.1, -0.05) is 47.8 Å². The van der Waals surface area contributed by atoms with Crippen molar-refractivity contribution in [3.63, 3.8) is 0 Å². The maximum atomic E-state index is 12.2. The number of amides is 1. The number of benzene rings is 1. The van der Waals surface area contributed by atoms with E-state index in [1.54, 1.807) is 6.07 Å². The number of carbonyl (C=O) groups is 1. The summed E-state index contributed by atoms with van der Waals surface area (Å²) >= 11 is 3.42. The minimum absolute atomic E-state index is 0.0749. The Hall–Kier alpha value is -1.95. The van der Waals surface area contributed by atoms with Crippen LogP contribution in [0.2, 0.25) is 0 Å². The van der Waals surface area contributed by atoms with Gasteiger partial charge in [-0.3, -0.25) is 9.59 Å². The average Bonchev–Trinajstić information content (AvgIpc) is 2.66. The Morgan fingerprint density at radius 1 is 1.19 bits per heavy atom. The van der Waals surface area contributed by atoms with E-state index in [1.807, 2.05) is 24.3 Å². The van der Waals surface area contributed by atoms with Gasteiger partial charge in [-0.15, -0.1) is 0 Å². The van der Waals surface area contributed by atoms with Crippen LogP contribution in [0.25, 0.3) is 11.3 Å². The summed E-state index contributed by atoms with van der Waals surface area (Å²) in [6.07, 6.45) is 5.73. The second-order valence-electron chi connectivity index (χ2n) is 7.33. The molecule has 2 atom stereocenters. The fourth-order valence-electron chi connectivity index (χ4n) is 3.58. The first-order valence-corrected chi connectivity index (χ1v) is 10.5. The lowest BCUT2D eigenvalue weighted by molar-refractivity contribution is -0.122. The monoisotopic (exact) mass is 431 g/mol. The summed E-state index contributed by atoms with van der Waals surface area (Å²) in [6, 6.07) is 11.4. The van der Waals surface area contributed by atoms with Crippen LogP contribution in [-0.4, -0.2) is 21.7 Å². The molecule has 2 aromatic rings. The van der Waals surface area contributed by atoms with Crippen LogP contribution in [0.1, 0.15) is 45.4 Å². The summed E-state index contributed by atoms with van der Waals surface area (Å²) in [5.74, 6) is 0.625. The number of nitrogens with zero attached hydrogens (tertiary/aromatic N) is 2. The molecule has 0 spiro atoms. The predicted octanol–water partition coefficient (Wildman–Crippen LogP) is 4.15. The molecule has 1 aromatic carbocycles. The maximum Gasteiger partial charge on any atom is 0.266 e. The number of aromatic nitrogens is 2. The Morgan fingerprint density at radius 3 is 2.67 bits per heavy atom. The van der Waals surface area contributed by atoms with Crippen molar-refractivity contribution in [1.82, 2.24) is 15.1 Å². The van der Waals surface area contributed by atoms with Gasteiger partial charge in [0.1, 0.15) is 0 Å². The Bertz CT molecular complexity index is 832. The first-order chi connectivity index (χ1) is 13.0. The summed E-state index contributed by atoms with van der Waals surface area (Å²) in [4.78, 5) is 24.3. The van der Waals surface area contributed by atoms with Gasteiger partial charge in [0.2, 0.25) is 5.91 Å². The summed E-state index contributed by atoms with van der Waals surface area (Å²) in [6.45, 7) is 2.65. The molecule has 1 saturated carbocycles. The molecular weight excluding hydrogens is 406 g/mol. The number of aryl methyl sites for hydroxylation is 1. The van der Waals surface area contributed by atoms with Gasteiger partial charge in [0.05, 0.1) is 5.69 Å². The third-order valence-corrected chi connectivity index (χ3v) is 5.77. The molecule has 2 unspecified atom stereocenters. The molecule has 1 aliphatic rings. The van der Waals surface area contributed by atoms with Crippen LogP contribution in [0.15, 0.2) is 45.7 Å². The second-order valence-corrected chi connectivity index (χ2v) is 8.24. The Balaban J connectivity index is 1.56. The molecule has 27 heavy (non-hydrogen) atoms. The summed E-state index contributed by atoms with van der Waals surface area (Å²) in [5, 5.41) is 7.61. The molecule has 1 N–H and O–H groups in total. The largest absolute Gasteiger partial charge is 0.353 e. The number of halogens is 1. The van der Waals surface area contributed by atoms with Gasteiger partial charge in [-0.2, -0.15) is 5.10 Å². The molecule has 1 aromatic heterocycles. The molecule has 6 heteroatoms. The fraction of sp³-hybridized carbons (Fsp3) is 0.476. The van der Waals surface area contributed by atoms with Gasteiger partial charge >= 0.3 is 0 Å². The Labute approximate surface area is 168 Å². The highest BCUT2D eigenvalue weighted by Crippen LogP contribution is 2.23. The van der Waals surface area contributed by atoms with Crippen molar-refractivity contribution >= 4 is 21.8 Å². The van der Waals surface area contributed by atoms with E-state index in [2.05, 4.69) is 33.3 Å². The van der Waals surface area contributed by atoms with E-state index < -0.39 is 0 Å². The van der Waals surface area contributed by atoms with E-state index in [0.29, 0.717) is 31.3 Å². The first-order valence-electron chi connectivity index (χ1n) is 9.66. The quantitative estimate of drug-likeness (QED) is 0.746. The van der Waals surface area contributed by atoms with E-state index in [4.69, 9.17) is 0 Å². The highest BCUT2D eigenvalue weighted by molar-refractivity contribution is 9.10. The SMILES string of the molecule is CC1CCCCC1NC(=O)CCCn1nc(-c2ccc(Br)cc2)ccc1=O. The molecule has 1 aliphatic carbocycles. The molecule has 3 rings (SSSR count). The zero-order valence-electron chi connectivity index (χ0n) is 15.7. The zero-order chi connectivity index (χ0) is 19.2. The molecule has 144 valence electrons. The van der Waals surface area contributed by atoms with Crippen molar-refractivity contribution in [3.8, 4) is 11.3 Å². The van der Waals surface area contributed by atoms with Crippen LogP contribution < -0.4 is 10.9 Å². The van der Waals surface area contributed by atoms with Crippen LogP contribution >= 0.6 is 15.9 Å². The number of hydrogen-bond acceptors (Lipinski definition) is 3. The fourth-order valence-corrected chi connectivity index (χ4v) is 3.85. The number of hydrogen-bond donors (Lipinski definition) is 1. The van der Waals surface area contributed by atoms with Gasteiger partial charge in [0.15, 0.2) is 0 Å². The molecule has 1 heterocycles. The summed E-state index contributed by atoms with van der Waals surface area (Å²) in [7, 11) is 0. The lowest BCUT2D eigenvalue weighted by Gasteiger charge is -2.29. The van der Waals surface area contributed by atoms with Crippen molar-refractivity contribution in [2.24, 2.45) is 5.92 Å². The van der Waals surface area contributed by atoms with Crippen LogP contribution in [-0.2, 0) is 11.3 Å². The average molecular weight is 432 g/mol. The lowest BCUT2D eigenvalue weighted by Crippen LogP contribution is -2.41. The van der Waals surface area contributed by atoms with Gasteiger partial charge < -0.3 is 5.32 Å². The highest BCUT2D eigenvalue weighted by Gasteiger charge is 2.22. The minimum Gasteiger partial charge on any atom is -0.353 e. The van der Waals surface area contributed by atoms with E-state index in [0.717, 1.165) is 22.2 Å². The summed E-state index contributed by atoms with van der Waals surface area (Å²) in [5.41, 5.74) is 1.57. The van der Waals surface area contributed by atoms with Crippen LogP contribution in [0.5, 0.6) is 0 Å². The predicted molar refractivity (Wildman–Crippen MR) is 110 cm³/mol. The van der Waals surface area contributed by atoms with Crippen LogP contribution in [0.4, 0.5) is 0 Å². The van der Waals surface area contributed by atoms with E-state index in [9.17, 15) is 9.59 Å². The van der Waals surface area contributed by atoms with Crippen LogP contribution in [0, 0.1) is 5.92 Å². The third kappa shape index (κ3) is 5.51. The molecule has 0 bridgehead atoms. The van der Waals surface area contributed by atoms with Gasteiger partial charge in [-0.25, -0.2) is 4.68 Å². The van der Waals surface area contributed by atoms with Crippen molar-refractivity contribution in [1.29, 1.82) is 0 Å². The first kappa shape index (κ1) is 19.8. The van der Waals surface area contributed by atoms with Crippen molar-refractivity contribution in [2.45, 2.75) is 58.0 Å². The van der Waals surface area contributed by atoms with Gasteiger partial charge in [0.25, 0.3) is 5.56 Å². The van der Waals surface area contributed by atoms with Crippen molar-refractivity contribution in [2.75, 3.05) is 0 Å². The van der Waals surface area contributed by atoms with Crippen molar-refractivity contribution < 1.29 is 4.79 Å². The number of rotatable bonds is 6. The van der Waals surface area contributed by atoms with Crippen molar-refractivity contribution in [3.05, 3.63) is 51.2 Å². The molecule has 0 aliphatic heterocycles. The highest BCUT2D eigenvalue weighted by atomic mass is 79.9. The molecule has 1 fully saturated rings. The minimum atomic E-state index is -0.142. The zero-order valence-corrected chi connectivity index (χ0v) is 17.2. The molecule has 0 saturated heterocycles. The molecule has 0 radical (unpaired) electrons. The number of nitrogens with one attached hydrogen (secondary N) is 1. The van der Waals surface area contributed by atoms with Gasteiger partial charge in [-0.05, 0) is 43.4 Å². The molecule has 1 amide bonds. The lowest BCUT2D eigenvalue weighted by atomic mass is 9.86. The van der Waals surface area contributed by atoms with E-state index in [1.165, 1.54) is 30.0 Å². The molecule has 5 nitrogen and oxygen atoms in total. The second kappa shape index (κ2) is 9.31. The van der Waals surface area contributed by atoms with Gasteiger partial charge in [0, 0.05) is 35.1 Å². The molecular formula is C21H26BrN3O2. The smallest absolute Gasteiger partial charge is 0.266 e. The van der Waals surface area contributed by atoms with E-state index in [-0.39, 0.29) is 11.5 Å². The number of carbonyl (C=O) groups excluding carboxylic acids is 1. The normalized spacial score (nSPS) is 19.6. The Morgan fingerprint density at radius 2 is 1.93 bits per heavy atom. The van der Waals surface area contributed by atoms with E-state index >= 15 is 0 Å². The maximum absolute atomic E-state index is 12.2. The van der Waals surface area contributed by atoms with Crippen LogP contribution in [0.3, 0.4) is 0 Å². The Kier molecular flexibility index (Phi) is 6.83. The standard InChI is InChI=1S/C21H26BrN3O2/c1-15-5-2-3-6-18(15)23-20(26)7-4-14-25-21(27)13-12-19(24-25)16-8-10-17(22)11-9-16/h8-13,15,18H,2-7,14H2,1H3,(H,23,26). The topological polar surface area (TPSA) is 64.0 Å². The summed E-state index contributed by atoms with van der Waals surface area (Å²) < 4.78 is 2.45.